The molecule has 1 aliphatic rings. The zero-order valence-corrected chi connectivity index (χ0v) is 11.9. The molecule has 0 aromatic carbocycles. The lowest BCUT2D eigenvalue weighted by Crippen LogP contribution is -2.30. The Bertz CT molecular complexity index is 689. The quantitative estimate of drug-likeness (QED) is 0.767. The van der Waals surface area contributed by atoms with Crippen LogP contribution in [0.15, 0.2) is 29.4 Å². The van der Waals surface area contributed by atoms with E-state index in [2.05, 4.69) is 20.0 Å². The minimum absolute atomic E-state index is 0.264. The maximum Gasteiger partial charge on any atom is 0.242 e. The SMILES string of the molecule is O=S(=O)(NCCC1CCCN1)c1c[nH]c2ncccc12. The molecule has 6 nitrogen and oxygen atoms in total. The maximum atomic E-state index is 12.3. The van der Waals surface area contributed by atoms with Gasteiger partial charge >= 0.3 is 0 Å². The smallest absolute Gasteiger partial charge is 0.242 e. The third-order valence-corrected chi connectivity index (χ3v) is 5.15. The third kappa shape index (κ3) is 2.70. The first kappa shape index (κ1) is 13.5. The van der Waals surface area contributed by atoms with Crippen LogP contribution < -0.4 is 10.0 Å². The topological polar surface area (TPSA) is 86.9 Å². The number of pyridine rings is 1. The zero-order chi connectivity index (χ0) is 14.0. The molecule has 2 aromatic heterocycles. The first-order chi connectivity index (χ1) is 9.67. The summed E-state index contributed by atoms with van der Waals surface area (Å²) < 4.78 is 27.3. The second-order valence-electron chi connectivity index (χ2n) is 5.03. The Morgan fingerprint density at radius 2 is 2.35 bits per heavy atom. The number of sulfonamides is 1. The molecule has 1 unspecified atom stereocenters. The molecule has 0 aliphatic carbocycles. The van der Waals surface area contributed by atoms with Crippen LogP contribution in [0.3, 0.4) is 0 Å². The number of aromatic nitrogens is 2. The second-order valence-corrected chi connectivity index (χ2v) is 6.77. The molecule has 2 aromatic rings. The summed E-state index contributed by atoms with van der Waals surface area (Å²) in [5.41, 5.74) is 0.588. The summed E-state index contributed by atoms with van der Waals surface area (Å²) in [6, 6.07) is 3.92. The van der Waals surface area contributed by atoms with Crippen molar-refractivity contribution in [2.45, 2.75) is 30.2 Å². The van der Waals surface area contributed by atoms with E-state index in [1.807, 2.05) is 0 Å². The minimum Gasteiger partial charge on any atom is -0.345 e. The molecule has 1 atom stereocenters. The van der Waals surface area contributed by atoms with Crippen molar-refractivity contribution < 1.29 is 8.42 Å². The van der Waals surface area contributed by atoms with Crippen LogP contribution in [0.2, 0.25) is 0 Å². The van der Waals surface area contributed by atoms with Crippen LogP contribution >= 0.6 is 0 Å². The van der Waals surface area contributed by atoms with Gasteiger partial charge in [0.05, 0.1) is 0 Å². The van der Waals surface area contributed by atoms with E-state index in [0.717, 1.165) is 19.4 Å². The van der Waals surface area contributed by atoms with Crippen molar-refractivity contribution in [1.82, 2.24) is 20.0 Å². The van der Waals surface area contributed by atoms with Crippen LogP contribution in [-0.4, -0.2) is 37.5 Å². The molecular weight excluding hydrogens is 276 g/mol. The van der Waals surface area contributed by atoms with Crippen LogP contribution in [0.25, 0.3) is 11.0 Å². The van der Waals surface area contributed by atoms with E-state index in [9.17, 15) is 8.42 Å². The molecule has 1 aliphatic heterocycles. The first-order valence-corrected chi connectivity index (χ1v) is 8.30. The summed E-state index contributed by atoms with van der Waals surface area (Å²) in [5, 5.41) is 3.98. The summed E-state index contributed by atoms with van der Waals surface area (Å²) in [6.45, 7) is 1.48. The van der Waals surface area contributed by atoms with E-state index in [1.165, 1.54) is 12.6 Å². The Balaban J connectivity index is 1.71. The van der Waals surface area contributed by atoms with E-state index in [1.54, 1.807) is 18.3 Å². The summed E-state index contributed by atoms with van der Waals surface area (Å²) >= 11 is 0. The Morgan fingerprint density at radius 3 is 3.15 bits per heavy atom. The van der Waals surface area contributed by atoms with Crippen molar-refractivity contribution in [3.05, 3.63) is 24.5 Å². The zero-order valence-electron chi connectivity index (χ0n) is 11.1. The van der Waals surface area contributed by atoms with Crippen molar-refractivity contribution in [3.63, 3.8) is 0 Å². The monoisotopic (exact) mass is 294 g/mol. The predicted octanol–water partition coefficient (Wildman–Crippen LogP) is 0.983. The molecule has 108 valence electrons. The van der Waals surface area contributed by atoms with Gasteiger partial charge in [0.15, 0.2) is 0 Å². The molecule has 3 heterocycles. The van der Waals surface area contributed by atoms with E-state index < -0.39 is 10.0 Å². The average Bonchev–Trinajstić information content (AvgIpc) is 3.07. The maximum absolute atomic E-state index is 12.3. The molecule has 20 heavy (non-hydrogen) atoms. The molecule has 0 bridgehead atoms. The van der Waals surface area contributed by atoms with Crippen molar-refractivity contribution >= 4 is 21.1 Å². The highest BCUT2D eigenvalue weighted by molar-refractivity contribution is 7.89. The normalized spacial score (nSPS) is 19.7. The second kappa shape index (κ2) is 5.51. The van der Waals surface area contributed by atoms with Gasteiger partial charge in [-0.25, -0.2) is 18.1 Å². The van der Waals surface area contributed by atoms with Crippen molar-refractivity contribution in [1.29, 1.82) is 0 Å². The summed E-state index contributed by atoms with van der Waals surface area (Å²) in [5.74, 6) is 0. The van der Waals surface area contributed by atoms with E-state index in [0.29, 0.717) is 23.6 Å². The summed E-state index contributed by atoms with van der Waals surface area (Å²) in [7, 11) is -3.48. The van der Waals surface area contributed by atoms with Gasteiger partial charge in [0.2, 0.25) is 10.0 Å². The van der Waals surface area contributed by atoms with E-state index >= 15 is 0 Å². The lowest BCUT2D eigenvalue weighted by Gasteiger charge is -2.10. The van der Waals surface area contributed by atoms with Crippen molar-refractivity contribution in [2.75, 3.05) is 13.1 Å². The molecule has 0 spiro atoms. The number of H-pyrrole nitrogens is 1. The predicted molar refractivity (Wildman–Crippen MR) is 76.9 cm³/mol. The van der Waals surface area contributed by atoms with Gasteiger partial charge < -0.3 is 10.3 Å². The number of hydrogen-bond donors (Lipinski definition) is 3. The fourth-order valence-corrected chi connectivity index (χ4v) is 3.81. The van der Waals surface area contributed by atoms with Crippen molar-refractivity contribution in [3.8, 4) is 0 Å². The molecule has 3 N–H and O–H groups in total. The lowest BCUT2D eigenvalue weighted by atomic mass is 10.2. The number of fused-ring (bicyclic) bond motifs is 1. The number of hydrogen-bond acceptors (Lipinski definition) is 4. The average molecular weight is 294 g/mol. The summed E-state index contributed by atoms with van der Waals surface area (Å²) in [4.78, 5) is 7.25. The van der Waals surface area contributed by atoms with Gasteiger partial charge in [-0.1, -0.05) is 0 Å². The third-order valence-electron chi connectivity index (χ3n) is 3.65. The minimum atomic E-state index is -3.48. The van der Waals surface area contributed by atoms with Gasteiger partial charge in [0.1, 0.15) is 10.5 Å². The van der Waals surface area contributed by atoms with Gasteiger partial charge in [-0.2, -0.15) is 0 Å². The van der Waals surface area contributed by atoms with E-state index in [-0.39, 0.29) is 4.90 Å². The first-order valence-electron chi connectivity index (χ1n) is 6.82. The highest BCUT2D eigenvalue weighted by Crippen LogP contribution is 2.20. The van der Waals surface area contributed by atoms with Crippen LogP contribution in [0.5, 0.6) is 0 Å². The number of nitrogens with one attached hydrogen (secondary N) is 3. The standard InChI is InChI=1S/C13H18N4O2S/c18-20(19,17-8-5-10-3-1-6-14-10)12-9-16-13-11(12)4-2-7-15-13/h2,4,7,9-10,14,17H,1,3,5-6,8H2,(H,15,16). The van der Waals surface area contributed by atoms with Crippen LogP contribution in [0.1, 0.15) is 19.3 Å². The van der Waals surface area contributed by atoms with Crippen molar-refractivity contribution in [2.24, 2.45) is 0 Å². The van der Waals surface area contributed by atoms with Crippen LogP contribution in [0, 0.1) is 0 Å². The number of rotatable bonds is 5. The largest absolute Gasteiger partial charge is 0.345 e. The van der Waals surface area contributed by atoms with Crippen LogP contribution in [0.4, 0.5) is 0 Å². The Kier molecular flexibility index (Phi) is 3.73. The number of nitrogens with zero attached hydrogens (tertiary/aromatic N) is 1. The summed E-state index contributed by atoms with van der Waals surface area (Å²) in [6.07, 6.45) is 6.24. The van der Waals surface area contributed by atoms with Gasteiger partial charge in [0, 0.05) is 30.4 Å². The molecule has 0 radical (unpaired) electrons. The van der Waals surface area contributed by atoms with Gasteiger partial charge in [-0.15, -0.1) is 0 Å². The van der Waals surface area contributed by atoms with Gasteiger partial charge in [-0.3, -0.25) is 0 Å². The Hall–Kier alpha value is -1.44. The van der Waals surface area contributed by atoms with Gasteiger partial charge in [-0.05, 0) is 37.9 Å². The Morgan fingerprint density at radius 1 is 1.45 bits per heavy atom. The van der Waals surface area contributed by atoms with E-state index in [4.69, 9.17) is 0 Å². The highest BCUT2D eigenvalue weighted by atomic mass is 32.2. The molecule has 1 fully saturated rings. The number of aromatic amines is 1. The molecule has 0 saturated carbocycles. The van der Waals surface area contributed by atoms with Crippen LogP contribution in [-0.2, 0) is 10.0 Å². The molecule has 1 saturated heterocycles. The molecule has 3 rings (SSSR count). The molecular formula is C13H18N4O2S. The fourth-order valence-electron chi connectivity index (χ4n) is 2.60. The lowest BCUT2D eigenvalue weighted by molar-refractivity contribution is 0.540. The Labute approximate surface area is 118 Å². The molecule has 7 heteroatoms. The molecule has 0 amide bonds. The van der Waals surface area contributed by atoms with Gasteiger partial charge in [0.25, 0.3) is 0 Å². The fraction of sp³-hybridized carbons (Fsp3) is 0.462. The highest BCUT2D eigenvalue weighted by Gasteiger charge is 2.20.